The monoisotopic (exact) mass is 263 g/mol. The highest BCUT2D eigenvalue weighted by molar-refractivity contribution is 5.85. The van der Waals surface area contributed by atoms with Crippen LogP contribution in [0.25, 0.3) is 0 Å². The predicted molar refractivity (Wildman–Crippen MR) is 68.3 cm³/mol. The zero-order chi connectivity index (χ0) is 13.8. The molecule has 1 saturated heterocycles. The molecule has 0 atom stereocenters. The topological polar surface area (TPSA) is 92.6 Å². The van der Waals surface area contributed by atoms with Gasteiger partial charge in [-0.2, -0.15) is 0 Å². The molecule has 1 N–H and O–H groups in total. The molecule has 7 nitrogen and oxygen atoms in total. The average Bonchev–Trinajstić information content (AvgIpc) is 2.62. The van der Waals surface area contributed by atoms with Gasteiger partial charge in [-0.25, -0.2) is 0 Å². The van der Waals surface area contributed by atoms with Crippen LogP contribution >= 0.6 is 0 Å². The Balaban J connectivity index is 2.31. The van der Waals surface area contributed by atoms with Crippen molar-refractivity contribution in [3.8, 4) is 0 Å². The van der Waals surface area contributed by atoms with Crippen LogP contribution in [0.4, 0.5) is 11.4 Å². The molecule has 2 rings (SSSR count). The molecule has 0 aliphatic carbocycles. The Kier molecular flexibility index (Phi) is 3.74. The van der Waals surface area contributed by atoms with E-state index in [1.165, 1.54) is 12.1 Å². The molecule has 0 saturated carbocycles. The molecule has 0 unspecified atom stereocenters. The van der Waals surface area contributed by atoms with Gasteiger partial charge in [0.25, 0.3) is 5.69 Å². The Labute approximate surface area is 109 Å². The SMILES string of the molecule is O=Cc1cc(N2CCCNC(=O)C2)ccc1[N+](=O)[O-]. The van der Waals surface area contributed by atoms with Crippen molar-refractivity contribution < 1.29 is 14.5 Å². The van der Waals surface area contributed by atoms with Crippen LogP contribution in [0.1, 0.15) is 16.8 Å². The van der Waals surface area contributed by atoms with Crippen LogP contribution in [0.15, 0.2) is 18.2 Å². The van der Waals surface area contributed by atoms with Crippen molar-refractivity contribution >= 4 is 23.6 Å². The van der Waals surface area contributed by atoms with Crippen molar-refractivity contribution in [3.63, 3.8) is 0 Å². The fourth-order valence-electron chi connectivity index (χ4n) is 2.03. The number of rotatable bonds is 3. The van der Waals surface area contributed by atoms with E-state index in [1.54, 1.807) is 11.0 Å². The number of anilines is 1. The Hall–Kier alpha value is -2.44. The molecule has 100 valence electrons. The molecular weight excluding hydrogens is 250 g/mol. The molecule has 0 radical (unpaired) electrons. The summed E-state index contributed by atoms with van der Waals surface area (Å²) in [6, 6.07) is 4.30. The number of hydrogen-bond donors (Lipinski definition) is 1. The third-order valence-electron chi connectivity index (χ3n) is 2.96. The second-order valence-corrected chi connectivity index (χ2v) is 4.24. The van der Waals surface area contributed by atoms with Crippen molar-refractivity contribution in [2.75, 3.05) is 24.5 Å². The summed E-state index contributed by atoms with van der Waals surface area (Å²) in [5, 5.41) is 13.5. The van der Waals surface area contributed by atoms with Gasteiger partial charge in [0.15, 0.2) is 6.29 Å². The van der Waals surface area contributed by atoms with Gasteiger partial charge in [0.2, 0.25) is 5.91 Å². The number of nitrogens with one attached hydrogen (secondary N) is 1. The predicted octanol–water partition coefficient (Wildman–Crippen LogP) is 0.734. The Morgan fingerprint density at radius 3 is 2.89 bits per heavy atom. The van der Waals surface area contributed by atoms with Crippen LogP contribution in [-0.2, 0) is 4.79 Å². The van der Waals surface area contributed by atoms with Gasteiger partial charge in [0, 0.05) is 24.8 Å². The molecule has 0 bridgehead atoms. The van der Waals surface area contributed by atoms with Crippen molar-refractivity contribution in [1.82, 2.24) is 5.32 Å². The quantitative estimate of drug-likeness (QED) is 0.493. The number of benzene rings is 1. The highest BCUT2D eigenvalue weighted by Crippen LogP contribution is 2.24. The standard InChI is InChI=1S/C12H13N3O4/c16-8-9-6-10(2-3-11(9)15(18)19)14-5-1-4-13-12(17)7-14/h2-3,6,8H,1,4-5,7H2,(H,13,17). The minimum Gasteiger partial charge on any atom is -0.362 e. The average molecular weight is 263 g/mol. The molecule has 1 aromatic rings. The first kappa shape index (κ1) is 13.0. The first-order valence-electron chi connectivity index (χ1n) is 5.87. The van der Waals surface area contributed by atoms with Crippen molar-refractivity contribution in [3.05, 3.63) is 33.9 Å². The third-order valence-corrected chi connectivity index (χ3v) is 2.96. The van der Waals surface area contributed by atoms with Crippen LogP contribution in [0.3, 0.4) is 0 Å². The van der Waals surface area contributed by atoms with Gasteiger partial charge in [0.05, 0.1) is 17.0 Å². The molecule has 1 aliphatic rings. The Bertz CT molecular complexity index is 530. The second-order valence-electron chi connectivity index (χ2n) is 4.24. The van der Waals surface area contributed by atoms with Gasteiger partial charge in [0.1, 0.15) is 0 Å². The number of nitro groups is 1. The summed E-state index contributed by atoms with van der Waals surface area (Å²) in [5.41, 5.74) is 0.440. The van der Waals surface area contributed by atoms with E-state index in [4.69, 9.17) is 0 Å². The van der Waals surface area contributed by atoms with Gasteiger partial charge in [-0.1, -0.05) is 0 Å². The van der Waals surface area contributed by atoms with Gasteiger partial charge in [-0.3, -0.25) is 19.7 Å². The first-order chi connectivity index (χ1) is 9.11. The summed E-state index contributed by atoms with van der Waals surface area (Å²) in [4.78, 5) is 34.3. The van der Waals surface area contributed by atoms with Crippen molar-refractivity contribution in [2.24, 2.45) is 0 Å². The van der Waals surface area contributed by atoms with E-state index in [1.807, 2.05) is 0 Å². The van der Waals surface area contributed by atoms with E-state index in [2.05, 4.69) is 5.32 Å². The highest BCUT2D eigenvalue weighted by Gasteiger charge is 2.19. The number of carbonyl (C=O) groups is 2. The first-order valence-corrected chi connectivity index (χ1v) is 5.87. The lowest BCUT2D eigenvalue weighted by molar-refractivity contribution is -0.385. The van der Waals surface area contributed by atoms with Crippen LogP contribution in [0.2, 0.25) is 0 Å². The molecule has 1 amide bonds. The molecule has 7 heteroatoms. The number of nitro benzene ring substituents is 1. The van der Waals surface area contributed by atoms with Gasteiger partial charge in [-0.15, -0.1) is 0 Å². The van der Waals surface area contributed by atoms with Crippen molar-refractivity contribution in [1.29, 1.82) is 0 Å². The van der Waals surface area contributed by atoms with Crippen LogP contribution in [0.5, 0.6) is 0 Å². The highest BCUT2D eigenvalue weighted by atomic mass is 16.6. The van der Waals surface area contributed by atoms with E-state index >= 15 is 0 Å². The van der Waals surface area contributed by atoms with E-state index < -0.39 is 4.92 Å². The fraction of sp³-hybridized carbons (Fsp3) is 0.333. The summed E-state index contributed by atoms with van der Waals surface area (Å²) in [6.45, 7) is 1.47. The molecule has 1 aromatic carbocycles. The van der Waals surface area contributed by atoms with Gasteiger partial charge in [-0.05, 0) is 18.6 Å². The smallest absolute Gasteiger partial charge is 0.280 e. The summed E-state index contributed by atoms with van der Waals surface area (Å²) in [6.07, 6.45) is 1.25. The number of amides is 1. The van der Waals surface area contributed by atoms with E-state index in [0.29, 0.717) is 25.1 Å². The third kappa shape index (κ3) is 2.87. The van der Waals surface area contributed by atoms with Crippen molar-refractivity contribution in [2.45, 2.75) is 6.42 Å². The lowest BCUT2D eigenvalue weighted by Gasteiger charge is -2.21. The summed E-state index contributed by atoms with van der Waals surface area (Å²) < 4.78 is 0. The molecule has 1 fully saturated rings. The lowest BCUT2D eigenvalue weighted by Crippen LogP contribution is -2.33. The number of aldehydes is 1. The zero-order valence-corrected chi connectivity index (χ0v) is 10.2. The Morgan fingerprint density at radius 2 is 2.21 bits per heavy atom. The molecule has 0 aromatic heterocycles. The normalized spacial score (nSPS) is 15.6. The van der Waals surface area contributed by atoms with E-state index in [9.17, 15) is 19.7 Å². The largest absolute Gasteiger partial charge is 0.362 e. The molecule has 1 aliphatic heterocycles. The number of carbonyl (C=O) groups excluding carboxylic acids is 2. The molecule has 0 spiro atoms. The fourth-order valence-corrected chi connectivity index (χ4v) is 2.03. The minimum atomic E-state index is -0.595. The molecule has 1 heterocycles. The lowest BCUT2D eigenvalue weighted by atomic mass is 10.1. The summed E-state index contributed by atoms with van der Waals surface area (Å²) in [7, 11) is 0. The summed E-state index contributed by atoms with van der Waals surface area (Å²) in [5.74, 6) is -0.0940. The van der Waals surface area contributed by atoms with Crippen LogP contribution in [-0.4, -0.2) is 36.8 Å². The molecule has 19 heavy (non-hydrogen) atoms. The van der Waals surface area contributed by atoms with Crippen LogP contribution < -0.4 is 10.2 Å². The second kappa shape index (κ2) is 5.47. The zero-order valence-electron chi connectivity index (χ0n) is 10.2. The van der Waals surface area contributed by atoms with E-state index in [0.717, 1.165) is 6.42 Å². The van der Waals surface area contributed by atoms with Gasteiger partial charge >= 0.3 is 0 Å². The Morgan fingerprint density at radius 1 is 1.42 bits per heavy atom. The minimum absolute atomic E-state index is 0.0205. The molecular formula is C12H13N3O4. The maximum absolute atomic E-state index is 11.5. The van der Waals surface area contributed by atoms with Crippen LogP contribution in [0, 0.1) is 10.1 Å². The maximum atomic E-state index is 11.5. The maximum Gasteiger partial charge on any atom is 0.280 e. The summed E-state index contributed by atoms with van der Waals surface area (Å²) >= 11 is 0. The number of hydrogen-bond acceptors (Lipinski definition) is 5. The number of nitrogens with zero attached hydrogens (tertiary/aromatic N) is 2. The van der Waals surface area contributed by atoms with Gasteiger partial charge < -0.3 is 10.2 Å². The van der Waals surface area contributed by atoms with E-state index in [-0.39, 0.29) is 23.7 Å².